The number of hydrogen-bond acceptors (Lipinski definition) is 6. The Morgan fingerprint density at radius 3 is 2.03 bits per heavy atom. The summed E-state index contributed by atoms with van der Waals surface area (Å²) in [7, 11) is 1.38. The van der Waals surface area contributed by atoms with Gasteiger partial charge in [0.25, 0.3) is 16.6 Å². The largest absolute Gasteiger partial charge is 0.359 e. The first-order chi connectivity index (χ1) is 14.5. The molecule has 5 rings (SSSR count). The van der Waals surface area contributed by atoms with E-state index in [1.807, 2.05) is 0 Å². The second-order valence-electron chi connectivity index (χ2n) is 6.62. The van der Waals surface area contributed by atoms with Gasteiger partial charge in [-0.3, -0.25) is 18.8 Å². The summed E-state index contributed by atoms with van der Waals surface area (Å²) in [4.78, 5) is 39.7. The predicted octanol–water partition coefficient (Wildman–Crippen LogP) is 0.615. The van der Waals surface area contributed by atoms with Crippen LogP contribution in [-0.4, -0.2) is 18.9 Å². The first-order valence-electron chi connectivity index (χ1n) is 8.91. The average Bonchev–Trinajstić information content (AvgIpc) is 3.14. The lowest BCUT2D eigenvalue weighted by Gasteiger charge is -2.15. The standard InChI is InChI=1S/C20H13N5O5/c1-22-17-14(15-16(19(22)27)25(29)30-21-15)18(26)24(13-10-6-3-7-11-13)20(28)23(17)12-8-4-2-5-9-12/h2-11H,1H3. The third-order valence-electron chi connectivity index (χ3n) is 4.94. The minimum atomic E-state index is -0.741. The lowest BCUT2D eigenvalue weighted by Crippen LogP contribution is -2.41. The van der Waals surface area contributed by atoms with E-state index in [-0.39, 0.29) is 21.5 Å². The number of hydrogen-bond donors (Lipinski definition) is 0. The molecule has 10 nitrogen and oxygen atoms in total. The fourth-order valence-corrected chi connectivity index (χ4v) is 3.58. The molecule has 0 N–H and O–H groups in total. The van der Waals surface area contributed by atoms with E-state index in [0.29, 0.717) is 11.4 Å². The van der Waals surface area contributed by atoms with E-state index in [9.17, 15) is 19.6 Å². The number of aryl methyl sites for hydroxylation is 1. The SMILES string of the molecule is Cn1c(=O)c2c(no[n+]2[O-])c2c(=O)n(-c3ccccc3)c(=O)n(-c3ccccc3)c21. The Kier molecular flexibility index (Phi) is 3.68. The lowest BCUT2D eigenvalue weighted by atomic mass is 10.2. The number of rotatable bonds is 2. The molecule has 0 bridgehead atoms. The summed E-state index contributed by atoms with van der Waals surface area (Å²) in [6.45, 7) is 0. The molecule has 3 aromatic heterocycles. The van der Waals surface area contributed by atoms with Crippen LogP contribution in [0.25, 0.3) is 33.4 Å². The van der Waals surface area contributed by atoms with E-state index < -0.39 is 22.3 Å². The lowest BCUT2D eigenvalue weighted by molar-refractivity contribution is -0.782. The van der Waals surface area contributed by atoms with Crippen molar-refractivity contribution in [2.75, 3.05) is 0 Å². The van der Waals surface area contributed by atoms with Crippen molar-refractivity contribution in [1.82, 2.24) is 18.9 Å². The summed E-state index contributed by atoms with van der Waals surface area (Å²) in [6.07, 6.45) is 0. The molecule has 3 heterocycles. The van der Waals surface area contributed by atoms with Crippen molar-refractivity contribution < 1.29 is 9.53 Å². The zero-order chi connectivity index (χ0) is 21.0. The molecule has 10 heteroatoms. The minimum absolute atomic E-state index is 0.00906. The van der Waals surface area contributed by atoms with E-state index in [4.69, 9.17) is 0 Å². The van der Waals surface area contributed by atoms with Crippen molar-refractivity contribution >= 4 is 22.1 Å². The van der Waals surface area contributed by atoms with Crippen molar-refractivity contribution in [3.8, 4) is 11.4 Å². The molecule has 0 aliphatic heterocycles. The molecule has 0 unspecified atom stereocenters. The second kappa shape index (κ2) is 6.27. The molecule has 0 aliphatic rings. The predicted molar refractivity (Wildman–Crippen MR) is 107 cm³/mol. The fraction of sp³-hybridized carbons (Fsp3) is 0.0500. The topological polar surface area (TPSA) is 119 Å². The zero-order valence-corrected chi connectivity index (χ0v) is 15.6. The summed E-state index contributed by atoms with van der Waals surface area (Å²) in [5.74, 6) is 0. The van der Waals surface area contributed by atoms with E-state index in [1.54, 1.807) is 60.7 Å². The van der Waals surface area contributed by atoms with Gasteiger partial charge in [-0.25, -0.2) is 13.9 Å². The van der Waals surface area contributed by atoms with E-state index in [2.05, 4.69) is 9.79 Å². The van der Waals surface area contributed by atoms with Gasteiger partial charge in [0.1, 0.15) is 11.0 Å². The fourth-order valence-electron chi connectivity index (χ4n) is 3.58. The average molecular weight is 403 g/mol. The molecule has 0 saturated heterocycles. The van der Waals surface area contributed by atoms with Crippen LogP contribution in [0, 0.1) is 5.21 Å². The van der Waals surface area contributed by atoms with Crippen molar-refractivity contribution in [2.45, 2.75) is 0 Å². The summed E-state index contributed by atoms with van der Waals surface area (Å²) < 4.78 is 7.89. The van der Waals surface area contributed by atoms with Gasteiger partial charge in [0, 0.05) is 12.2 Å². The van der Waals surface area contributed by atoms with E-state index in [0.717, 1.165) is 9.13 Å². The number of para-hydroxylation sites is 2. The Morgan fingerprint density at radius 2 is 1.43 bits per heavy atom. The molecule has 5 aromatic rings. The Labute approximate surface area is 166 Å². The van der Waals surface area contributed by atoms with Crippen LogP contribution in [0.15, 0.2) is 79.7 Å². The second-order valence-corrected chi connectivity index (χ2v) is 6.62. The normalized spacial score (nSPS) is 11.4. The minimum Gasteiger partial charge on any atom is -0.359 e. The molecule has 0 radical (unpaired) electrons. The maximum Gasteiger partial charge on any atom is 0.341 e. The Bertz CT molecular complexity index is 1610. The molecule has 0 amide bonds. The van der Waals surface area contributed by atoms with Gasteiger partial charge in [-0.2, -0.15) is 0 Å². The highest BCUT2D eigenvalue weighted by molar-refractivity contribution is 5.99. The maximum absolute atomic E-state index is 13.5. The number of benzene rings is 2. The zero-order valence-electron chi connectivity index (χ0n) is 15.6. The quantitative estimate of drug-likeness (QED) is 0.399. The van der Waals surface area contributed by atoms with Gasteiger partial charge in [0.05, 0.1) is 11.4 Å². The number of nitrogens with zero attached hydrogens (tertiary/aromatic N) is 5. The monoisotopic (exact) mass is 403 g/mol. The number of fused-ring (bicyclic) bond motifs is 3. The number of aromatic nitrogens is 5. The first kappa shape index (κ1) is 17.6. The van der Waals surface area contributed by atoms with Crippen LogP contribution < -0.4 is 21.7 Å². The molecule has 0 fully saturated rings. The van der Waals surface area contributed by atoms with Gasteiger partial charge in [0.2, 0.25) is 0 Å². The van der Waals surface area contributed by atoms with Crippen molar-refractivity contribution in [3.05, 3.63) is 97.1 Å². The Hall–Kier alpha value is -4.47. The van der Waals surface area contributed by atoms with Gasteiger partial charge in [0.15, 0.2) is 0 Å². The molecule has 30 heavy (non-hydrogen) atoms. The van der Waals surface area contributed by atoms with Crippen LogP contribution in [0.5, 0.6) is 0 Å². The Balaban J connectivity index is 2.14. The van der Waals surface area contributed by atoms with E-state index in [1.165, 1.54) is 11.6 Å². The van der Waals surface area contributed by atoms with Crippen molar-refractivity contribution in [1.29, 1.82) is 0 Å². The first-order valence-corrected chi connectivity index (χ1v) is 8.91. The maximum atomic E-state index is 13.5. The van der Waals surface area contributed by atoms with Crippen molar-refractivity contribution in [2.24, 2.45) is 7.05 Å². The van der Waals surface area contributed by atoms with Gasteiger partial charge in [-0.15, -0.1) is 0 Å². The van der Waals surface area contributed by atoms with Crippen LogP contribution in [-0.2, 0) is 7.05 Å². The summed E-state index contributed by atoms with van der Waals surface area (Å²) >= 11 is 0. The molecular weight excluding hydrogens is 390 g/mol. The van der Waals surface area contributed by atoms with Gasteiger partial charge in [-0.05, 0) is 29.2 Å². The summed E-state index contributed by atoms with van der Waals surface area (Å²) in [5.41, 5.74) is -1.97. The van der Waals surface area contributed by atoms with Gasteiger partial charge < -0.3 is 5.21 Å². The summed E-state index contributed by atoms with van der Waals surface area (Å²) in [6, 6.07) is 16.9. The molecule has 0 aliphatic carbocycles. The molecule has 0 saturated carbocycles. The highest BCUT2D eigenvalue weighted by Gasteiger charge is 2.28. The molecule has 0 spiro atoms. The van der Waals surface area contributed by atoms with Gasteiger partial charge in [-0.1, -0.05) is 36.4 Å². The van der Waals surface area contributed by atoms with Gasteiger partial charge >= 0.3 is 11.2 Å². The van der Waals surface area contributed by atoms with Crippen molar-refractivity contribution in [3.63, 3.8) is 0 Å². The number of pyridine rings is 1. The van der Waals surface area contributed by atoms with E-state index >= 15 is 0 Å². The third-order valence-corrected chi connectivity index (χ3v) is 4.94. The third kappa shape index (κ3) is 2.27. The van der Waals surface area contributed by atoms with Crippen LogP contribution in [0.1, 0.15) is 0 Å². The molecule has 2 aromatic carbocycles. The molecule has 0 atom stereocenters. The Morgan fingerprint density at radius 1 is 0.867 bits per heavy atom. The molecular formula is C20H13N5O5. The smallest absolute Gasteiger partial charge is 0.341 e. The van der Waals surface area contributed by atoms with Crippen LogP contribution in [0.3, 0.4) is 0 Å². The van der Waals surface area contributed by atoms with Crippen LogP contribution >= 0.6 is 0 Å². The highest BCUT2D eigenvalue weighted by atomic mass is 16.8. The summed E-state index contributed by atoms with van der Waals surface area (Å²) in [5, 5.41) is 15.5. The van der Waals surface area contributed by atoms with Crippen LogP contribution in [0.4, 0.5) is 0 Å². The van der Waals surface area contributed by atoms with Crippen LogP contribution in [0.2, 0.25) is 0 Å². The highest BCUT2D eigenvalue weighted by Crippen LogP contribution is 2.18. The molecule has 148 valence electrons.